The third-order valence-corrected chi connectivity index (χ3v) is 4.73. The Morgan fingerprint density at radius 2 is 2.04 bits per heavy atom. The van der Waals surface area contributed by atoms with E-state index in [1.54, 1.807) is 32.6 Å². The summed E-state index contributed by atoms with van der Waals surface area (Å²) < 4.78 is 12.6. The number of methoxy groups -OCH3 is 2. The molecule has 0 bridgehead atoms. The standard InChI is InChI=1S/C18H23N5O2S.HI/c1-19-17(21-11-14-12-23-8-9-26-18(23)22-14)20-7-6-13-4-5-15(24-2)16(10-13)25-3;/h4-5,8-10,12H,6-7,11H2,1-3H3,(H2,19,20,21);1H. The molecule has 0 amide bonds. The molecule has 146 valence electrons. The lowest BCUT2D eigenvalue weighted by Gasteiger charge is -2.12. The van der Waals surface area contributed by atoms with Gasteiger partial charge in [-0.25, -0.2) is 4.98 Å². The third-order valence-electron chi connectivity index (χ3n) is 3.96. The summed E-state index contributed by atoms with van der Waals surface area (Å²) in [7, 11) is 5.04. The molecule has 0 saturated heterocycles. The van der Waals surface area contributed by atoms with Crippen molar-refractivity contribution < 1.29 is 9.47 Å². The number of thiazole rings is 1. The maximum absolute atomic E-state index is 5.34. The zero-order chi connectivity index (χ0) is 18.4. The SMILES string of the molecule is CN=C(NCCc1ccc(OC)c(OC)c1)NCc1cn2ccsc2n1.I. The average molecular weight is 501 g/mol. The van der Waals surface area contributed by atoms with Crippen molar-refractivity contribution in [2.75, 3.05) is 27.8 Å². The zero-order valence-electron chi connectivity index (χ0n) is 15.6. The quantitative estimate of drug-likeness (QED) is 0.296. The fraction of sp³-hybridized carbons (Fsp3) is 0.333. The van der Waals surface area contributed by atoms with Crippen molar-refractivity contribution in [2.24, 2.45) is 4.99 Å². The minimum absolute atomic E-state index is 0. The Morgan fingerprint density at radius 3 is 2.74 bits per heavy atom. The summed E-state index contributed by atoms with van der Waals surface area (Å²) in [4.78, 5) is 9.81. The van der Waals surface area contributed by atoms with Crippen molar-refractivity contribution in [2.45, 2.75) is 13.0 Å². The van der Waals surface area contributed by atoms with Crippen LogP contribution in [-0.4, -0.2) is 43.2 Å². The summed E-state index contributed by atoms with van der Waals surface area (Å²) >= 11 is 1.62. The summed E-state index contributed by atoms with van der Waals surface area (Å²) in [5, 5.41) is 8.63. The van der Waals surface area contributed by atoms with Gasteiger partial charge in [0.05, 0.1) is 26.5 Å². The fourth-order valence-corrected chi connectivity index (χ4v) is 3.34. The van der Waals surface area contributed by atoms with E-state index in [4.69, 9.17) is 9.47 Å². The monoisotopic (exact) mass is 501 g/mol. The molecule has 0 radical (unpaired) electrons. The van der Waals surface area contributed by atoms with Crippen LogP contribution in [0.4, 0.5) is 0 Å². The molecule has 9 heteroatoms. The molecular formula is C18H24IN5O2S. The van der Waals surface area contributed by atoms with Gasteiger partial charge in [-0.05, 0) is 24.1 Å². The smallest absolute Gasteiger partial charge is 0.193 e. The Kier molecular flexibility index (Phi) is 8.17. The third kappa shape index (κ3) is 5.48. The Bertz CT molecular complexity index is 864. The Morgan fingerprint density at radius 1 is 1.22 bits per heavy atom. The van der Waals surface area contributed by atoms with Crippen molar-refractivity contribution >= 4 is 46.2 Å². The molecule has 1 aromatic carbocycles. The molecule has 3 rings (SSSR count). The molecular weight excluding hydrogens is 477 g/mol. The van der Waals surface area contributed by atoms with E-state index in [9.17, 15) is 0 Å². The molecule has 0 aliphatic rings. The largest absolute Gasteiger partial charge is 0.493 e. The highest BCUT2D eigenvalue weighted by molar-refractivity contribution is 14.0. The number of ether oxygens (including phenoxy) is 2. The van der Waals surface area contributed by atoms with Gasteiger partial charge in [0.15, 0.2) is 22.4 Å². The molecule has 0 spiro atoms. The van der Waals surface area contributed by atoms with Crippen LogP contribution in [0.1, 0.15) is 11.3 Å². The normalized spacial score (nSPS) is 11.1. The van der Waals surface area contributed by atoms with Crippen LogP contribution in [0.5, 0.6) is 11.5 Å². The van der Waals surface area contributed by atoms with Gasteiger partial charge in [0.2, 0.25) is 0 Å². The van der Waals surface area contributed by atoms with Gasteiger partial charge in [0.1, 0.15) is 0 Å². The number of rotatable bonds is 7. The second kappa shape index (κ2) is 10.4. The van der Waals surface area contributed by atoms with E-state index >= 15 is 0 Å². The van der Waals surface area contributed by atoms with Crippen molar-refractivity contribution in [3.8, 4) is 11.5 Å². The summed E-state index contributed by atoms with van der Waals surface area (Å²) in [5.74, 6) is 2.23. The molecule has 27 heavy (non-hydrogen) atoms. The van der Waals surface area contributed by atoms with Crippen molar-refractivity contribution in [1.29, 1.82) is 0 Å². The van der Waals surface area contributed by atoms with Crippen LogP contribution in [0.15, 0.2) is 41.0 Å². The van der Waals surface area contributed by atoms with Gasteiger partial charge < -0.3 is 20.1 Å². The fourth-order valence-electron chi connectivity index (χ4n) is 2.62. The number of benzene rings is 1. The number of halogens is 1. The highest BCUT2D eigenvalue weighted by Crippen LogP contribution is 2.27. The molecule has 2 aromatic heterocycles. The molecule has 0 saturated carbocycles. The van der Waals surface area contributed by atoms with Crippen LogP contribution in [-0.2, 0) is 13.0 Å². The molecule has 3 aromatic rings. The molecule has 2 N–H and O–H groups in total. The van der Waals surface area contributed by atoms with Gasteiger partial charge in [-0.15, -0.1) is 35.3 Å². The number of imidazole rings is 1. The van der Waals surface area contributed by atoms with Crippen LogP contribution in [0.3, 0.4) is 0 Å². The van der Waals surface area contributed by atoms with Gasteiger partial charge >= 0.3 is 0 Å². The second-order valence-corrected chi connectivity index (χ2v) is 6.49. The van der Waals surface area contributed by atoms with Crippen molar-refractivity contribution in [1.82, 2.24) is 20.0 Å². The lowest BCUT2D eigenvalue weighted by atomic mass is 10.1. The molecule has 0 atom stereocenters. The first-order valence-corrected chi connectivity index (χ1v) is 9.18. The minimum atomic E-state index is 0. The number of hydrogen-bond donors (Lipinski definition) is 2. The number of aromatic nitrogens is 2. The Labute approximate surface area is 179 Å². The highest BCUT2D eigenvalue weighted by Gasteiger charge is 2.06. The van der Waals surface area contributed by atoms with E-state index in [1.807, 2.05) is 40.4 Å². The summed E-state index contributed by atoms with van der Waals surface area (Å²) in [6, 6.07) is 5.96. The zero-order valence-corrected chi connectivity index (χ0v) is 18.7. The van der Waals surface area contributed by atoms with E-state index < -0.39 is 0 Å². The molecule has 0 fully saturated rings. The Balaban J connectivity index is 0.00000261. The number of nitrogens with one attached hydrogen (secondary N) is 2. The highest BCUT2D eigenvalue weighted by atomic mass is 127. The van der Waals surface area contributed by atoms with Crippen molar-refractivity contribution in [3.05, 3.63) is 47.2 Å². The number of aliphatic imine (C=N–C) groups is 1. The maximum Gasteiger partial charge on any atom is 0.193 e. The lowest BCUT2D eigenvalue weighted by Crippen LogP contribution is -2.37. The van der Waals surface area contributed by atoms with Crippen LogP contribution >= 0.6 is 35.3 Å². The first-order valence-electron chi connectivity index (χ1n) is 8.30. The predicted octanol–water partition coefficient (Wildman–Crippen LogP) is 2.94. The number of hydrogen-bond acceptors (Lipinski definition) is 5. The van der Waals surface area contributed by atoms with E-state index in [1.165, 1.54) is 5.56 Å². The second-order valence-electron chi connectivity index (χ2n) is 5.62. The van der Waals surface area contributed by atoms with Gasteiger partial charge in [-0.3, -0.25) is 9.39 Å². The minimum Gasteiger partial charge on any atom is -0.493 e. The summed E-state index contributed by atoms with van der Waals surface area (Å²) in [6.45, 7) is 1.39. The van der Waals surface area contributed by atoms with Gasteiger partial charge in [-0.2, -0.15) is 0 Å². The number of guanidine groups is 1. The first kappa shape index (κ1) is 21.3. The maximum atomic E-state index is 5.34. The first-order chi connectivity index (χ1) is 12.7. The van der Waals surface area contributed by atoms with Crippen LogP contribution in [0, 0.1) is 0 Å². The van der Waals surface area contributed by atoms with Gasteiger partial charge in [0.25, 0.3) is 0 Å². The summed E-state index contributed by atoms with van der Waals surface area (Å²) in [6.07, 6.45) is 4.88. The van der Waals surface area contributed by atoms with Crippen LogP contribution in [0.2, 0.25) is 0 Å². The molecule has 0 aliphatic heterocycles. The van der Waals surface area contributed by atoms with E-state index in [2.05, 4.69) is 20.6 Å². The van der Waals surface area contributed by atoms with E-state index in [-0.39, 0.29) is 24.0 Å². The topological polar surface area (TPSA) is 72.2 Å². The van der Waals surface area contributed by atoms with Crippen molar-refractivity contribution in [3.63, 3.8) is 0 Å². The Hall–Kier alpha value is -2.01. The molecule has 7 nitrogen and oxygen atoms in total. The van der Waals surface area contributed by atoms with Gasteiger partial charge in [0, 0.05) is 31.4 Å². The summed E-state index contributed by atoms with van der Waals surface area (Å²) in [5.41, 5.74) is 2.15. The van der Waals surface area contributed by atoms with Gasteiger partial charge in [-0.1, -0.05) is 6.07 Å². The van der Waals surface area contributed by atoms with E-state index in [0.717, 1.165) is 41.1 Å². The molecule has 0 unspecified atom stereocenters. The average Bonchev–Trinajstić information content (AvgIpc) is 3.26. The number of fused-ring (bicyclic) bond motifs is 1. The van der Waals surface area contributed by atoms with E-state index in [0.29, 0.717) is 6.54 Å². The predicted molar refractivity (Wildman–Crippen MR) is 120 cm³/mol. The molecule has 2 heterocycles. The lowest BCUT2D eigenvalue weighted by molar-refractivity contribution is 0.354. The van der Waals surface area contributed by atoms with Crippen LogP contribution in [0.25, 0.3) is 4.96 Å². The van der Waals surface area contributed by atoms with Crippen LogP contribution < -0.4 is 20.1 Å². The number of nitrogens with zero attached hydrogens (tertiary/aromatic N) is 3. The molecule has 0 aliphatic carbocycles.